The third-order valence-electron chi connectivity index (χ3n) is 10.9. The van der Waals surface area contributed by atoms with Gasteiger partial charge in [0, 0.05) is 19.3 Å². The summed E-state index contributed by atoms with van der Waals surface area (Å²) in [6.07, 6.45) is 51.6. The van der Waals surface area contributed by atoms with Gasteiger partial charge in [0.25, 0.3) is 0 Å². The highest BCUT2D eigenvalue weighted by molar-refractivity contribution is 5.71. The van der Waals surface area contributed by atoms with Gasteiger partial charge in [0.1, 0.15) is 13.2 Å². The van der Waals surface area contributed by atoms with Crippen molar-refractivity contribution >= 4 is 17.9 Å². The highest BCUT2D eigenvalue weighted by atomic mass is 16.6. The van der Waals surface area contributed by atoms with Gasteiger partial charge in [-0.1, -0.05) is 199 Å². The molecule has 0 saturated carbocycles. The van der Waals surface area contributed by atoms with Gasteiger partial charge in [-0.25, -0.2) is 0 Å². The number of unbranched alkanes of at least 4 members (excludes halogenated alkanes) is 30. The van der Waals surface area contributed by atoms with Crippen LogP contribution in [0.2, 0.25) is 0 Å². The minimum atomic E-state index is -0.769. The SMILES string of the molecule is CCCCCC/C=C\CCCCCCCCCC(=O)OCC(COC(=O)CCCCCCCCCCC)OC(=O)CCCCCCCCC/C=C\CCCCCC. The van der Waals surface area contributed by atoms with Gasteiger partial charge in [0.05, 0.1) is 0 Å². The van der Waals surface area contributed by atoms with Gasteiger partial charge in [-0.3, -0.25) is 14.4 Å². The van der Waals surface area contributed by atoms with E-state index in [-0.39, 0.29) is 31.1 Å². The molecule has 1 unspecified atom stereocenters. The third-order valence-corrected chi connectivity index (χ3v) is 10.9. The zero-order chi connectivity index (χ0) is 41.5. The Balaban J connectivity index is 4.32. The van der Waals surface area contributed by atoms with Crippen LogP contribution in [0.25, 0.3) is 0 Å². The molecule has 0 rings (SSSR count). The summed E-state index contributed by atoms with van der Waals surface area (Å²) in [5.74, 6) is -0.874. The molecule has 0 bridgehead atoms. The molecule has 334 valence electrons. The minimum Gasteiger partial charge on any atom is -0.462 e. The van der Waals surface area contributed by atoms with E-state index in [1.54, 1.807) is 0 Å². The highest BCUT2D eigenvalue weighted by Gasteiger charge is 2.19. The second kappa shape index (κ2) is 46.6. The number of esters is 3. The summed E-state index contributed by atoms with van der Waals surface area (Å²) in [4.78, 5) is 37.8. The van der Waals surface area contributed by atoms with Gasteiger partial charge in [-0.15, -0.1) is 0 Å². The zero-order valence-corrected chi connectivity index (χ0v) is 38.1. The lowest BCUT2D eigenvalue weighted by atomic mass is 10.1. The molecule has 57 heavy (non-hydrogen) atoms. The monoisotopic (exact) mass is 803 g/mol. The Hall–Kier alpha value is -2.11. The standard InChI is InChI=1S/C51H94O6/c1-4-7-10-13-16-19-21-23-25-27-29-32-35-38-41-44-50(53)56-47-48(46-55-49(52)43-40-37-34-31-18-15-12-9-6-3)57-51(54)45-42-39-36-33-30-28-26-24-22-20-17-14-11-8-5-2/h19-22,48H,4-18,23-47H2,1-3H3/b21-19-,22-20-. The second-order valence-electron chi connectivity index (χ2n) is 16.7. The molecule has 0 aliphatic rings. The fourth-order valence-corrected chi connectivity index (χ4v) is 7.14. The largest absolute Gasteiger partial charge is 0.462 e. The van der Waals surface area contributed by atoms with Gasteiger partial charge < -0.3 is 14.2 Å². The zero-order valence-electron chi connectivity index (χ0n) is 38.1. The van der Waals surface area contributed by atoms with Crippen molar-refractivity contribution < 1.29 is 28.6 Å². The van der Waals surface area contributed by atoms with E-state index < -0.39 is 6.10 Å². The van der Waals surface area contributed by atoms with E-state index in [1.165, 1.54) is 167 Å². The molecule has 6 heteroatoms. The first-order valence-electron chi connectivity index (χ1n) is 24.8. The fraction of sp³-hybridized carbons (Fsp3) is 0.863. The lowest BCUT2D eigenvalue weighted by Gasteiger charge is -2.18. The molecule has 0 spiro atoms. The third kappa shape index (κ3) is 44.8. The molecule has 0 aromatic carbocycles. The molecule has 0 aromatic rings. The van der Waals surface area contributed by atoms with Crippen molar-refractivity contribution in [1.82, 2.24) is 0 Å². The van der Waals surface area contributed by atoms with Crippen LogP contribution in [-0.2, 0) is 28.6 Å². The van der Waals surface area contributed by atoms with Crippen LogP contribution in [0.15, 0.2) is 24.3 Å². The predicted octanol–water partition coefficient (Wildman–Crippen LogP) is 16.0. The van der Waals surface area contributed by atoms with Crippen molar-refractivity contribution in [3.8, 4) is 0 Å². The summed E-state index contributed by atoms with van der Waals surface area (Å²) in [5, 5.41) is 0. The van der Waals surface area contributed by atoms with Gasteiger partial charge in [-0.05, 0) is 70.6 Å². The van der Waals surface area contributed by atoms with E-state index in [0.717, 1.165) is 57.8 Å². The maximum atomic E-state index is 12.7. The fourth-order valence-electron chi connectivity index (χ4n) is 7.14. The van der Waals surface area contributed by atoms with Crippen LogP contribution in [0.1, 0.15) is 265 Å². The van der Waals surface area contributed by atoms with Gasteiger partial charge in [0.2, 0.25) is 0 Å². The Labute approximate surface area is 353 Å². The predicted molar refractivity (Wildman–Crippen MR) is 243 cm³/mol. The van der Waals surface area contributed by atoms with Crippen LogP contribution < -0.4 is 0 Å². The molecule has 0 fully saturated rings. The van der Waals surface area contributed by atoms with E-state index in [2.05, 4.69) is 45.1 Å². The topological polar surface area (TPSA) is 78.9 Å². The number of carbonyl (C=O) groups is 3. The summed E-state index contributed by atoms with van der Waals surface area (Å²) in [7, 11) is 0. The number of hydrogen-bond donors (Lipinski definition) is 0. The molecule has 0 heterocycles. The lowest BCUT2D eigenvalue weighted by Crippen LogP contribution is -2.30. The smallest absolute Gasteiger partial charge is 0.306 e. The molecule has 6 nitrogen and oxygen atoms in total. The van der Waals surface area contributed by atoms with Crippen LogP contribution in [0, 0.1) is 0 Å². The van der Waals surface area contributed by atoms with Crippen LogP contribution in [0.3, 0.4) is 0 Å². The van der Waals surface area contributed by atoms with Crippen molar-refractivity contribution in [1.29, 1.82) is 0 Å². The lowest BCUT2D eigenvalue weighted by molar-refractivity contribution is -0.167. The summed E-state index contributed by atoms with van der Waals surface area (Å²) in [5.41, 5.74) is 0. The summed E-state index contributed by atoms with van der Waals surface area (Å²) < 4.78 is 16.7. The number of ether oxygens (including phenoxy) is 3. The van der Waals surface area contributed by atoms with Crippen molar-refractivity contribution in [2.24, 2.45) is 0 Å². The van der Waals surface area contributed by atoms with Crippen LogP contribution >= 0.6 is 0 Å². The molecule has 0 amide bonds. The Morgan fingerprint density at radius 1 is 0.333 bits per heavy atom. The quantitative estimate of drug-likeness (QED) is 0.0264. The van der Waals surface area contributed by atoms with E-state index >= 15 is 0 Å². The number of carbonyl (C=O) groups excluding carboxylic acids is 3. The Bertz CT molecular complexity index is 927. The first-order valence-corrected chi connectivity index (χ1v) is 24.8. The van der Waals surface area contributed by atoms with E-state index in [9.17, 15) is 14.4 Å². The Morgan fingerprint density at radius 3 is 0.895 bits per heavy atom. The molecule has 0 saturated heterocycles. The molecular formula is C51H94O6. The van der Waals surface area contributed by atoms with Crippen molar-refractivity contribution in [2.45, 2.75) is 271 Å². The second-order valence-corrected chi connectivity index (χ2v) is 16.7. The summed E-state index contributed by atoms with van der Waals surface area (Å²) in [6, 6.07) is 0. The van der Waals surface area contributed by atoms with Crippen LogP contribution in [-0.4, -0.2) is 37.2 Å². The minimum absolute atomic E-state index is 0.0714. The molecule has 0 radical (unpaired) electrons. The van der Waals surface area contributed by atoms with Gasteiger partial charge >= 0.3 is 17.9 Å². The number of rotatable bonds is 45. The first-order chi connectivity index (χ1) is 28.0. The summed E-state index contributed by atoms with van der Waals surface area (Å²) >= 11 is 0. The maximum absolute atomic E-state index is 12.7. The average molecular weight is 803 g/mol. The highest BCUT2D eigenvalue weighted by Crippen LogP contribution is 2.15. The van der Waals surface area contributed by atoms with E-state index in [1.807, 2.05) is 0 Å². The Kier molecular flexibility index (Phi) is 44.9. The summed E-state index contributed by atoms with van der Waals surface area (Å²) in [6.45, 7) is 6.60. The van der Waals surface area contributed by atoms with Gasteiger partial charge in [0.15, 0.2) is 6.10 Å². The molecule has 0 aliphatic heterocycles. The molecule has 0 N–H and O–H groups in total. The first kappa shape index (κ1) is 54.9. The van der Waals surface area contributed by atoms with Gasteiger partial charge in [-0.2, -0.15) is 0 Å². The number of hydrogen-bond acceptors (Lipinski definition) is 6. The molecular weight excluding hydrogens is 709 g/mol. The van der Waals surface area contributed by atoms with Crippen molar-refractivity contribution in [2.75, 3.05) is 13.2 Å². The van der Waals surface area contributed by atoms with E-state index in [4.69, 9.17) is 14.2 Å². The van der Waals surface area contributed by atoms with E-state index in [0.29, 0.717) is 19.3 Å². The molecule has 0 aliphatic carbocycles. The van der Waals surface area contributed by atoms with Crippen LogP contribution in [0.4, 0.5) is 0 Å². The maximum Gasteiger partial charge on any atom is 0.306 e. The van der Waals surface area contributed by atoms with Crippen molar-refractivity contribution in [3.05, 3.63) is 24.3 Å². The normalized spacial score (nSPS) is 12.1. The Morgan fingerprint density at radius 2 is 0.579 bits per heavy atom. The molecule has 1 atom stereocenters. The van der Waals surface area contributed by atoms with Crippen molar-refractivity contribution in [3.63, 3.8) is 0 Å². The number of allylic oxidation sites excluding steroid dienone is 4. The molecule has 0 aromatic heterocycles. The van der Waals surface area contributed by atoms with Crippen LogP contribution in [0.5, 0.6) is 0 Å². The average Bonchev–Trinajstić information content (AvgIpc) is 3.21.